The van der Waals surface area contributed by atoms with Gasteiger partial charge in [0.2, 0.25) is 5.91 Å². The van der Waals surface area contributed by atoms with E-state index >= 15 is 0 Å². The Kier molecular flexibility index (Phi) is 4.79. The number of hydrogen-bond donors (Lipinski definition) is 2. The van der Waals surface area contributed by atoms with Gasteiger partial charge in [-0.2, -0.15) is 0 Å². The van der Waals surface area contributed by atoms with Crippen molar-refractivity contribution in [2.24, 2.45) is 5.41 Å². The highest BCUT2D eigenvalue weighted by Gasteiger charge is 2.30. The summed E-state index contributed by atoms with van der Waals surface area (Å²) in [4.78, 5) is 14.6. The Morgan fingerprint density at radius 3 is 2.57 bits per heavy atom. The molecule has 0 radical (unpaired) electrons. The van der Waals surface area contributed by atoms with E-state index in [4.69, 9.17) is 17.3 Å². The number of benzene rings is 1. The average Bonchev–Trinajstić information content (AvgIpc) is 2.41. The number of nitrogens with two attached hydrogens (primary N) is 1. The van der Waals surface area contributed by atoms with E-state index in [0.717, 1.165) is 25.9 Å². The fourth-order valence-electron chi connectivity index (χ4n) is 2.55. The number of piperidine rings is 1. The van der Waals surface area contributed by atoms with Gasteiger partial charge in [-0.3, -0.25) is 9.69 Å². The van der Waals surface area contributed by atoms with Crippen LogP contribution in [0.25, 0.3) is 0 Å². The highest BCUT2D eigenvalue weighted by molar-refractivity contribution is 6.34. The summed E-state index contributed by atoms with van der Waals surface area (Å²) in [5, 5.41) is 3.36. The molecule has 1 aliphatic heterocycles. The lowest BCUT2D eigenvalue weighted by Gasteiger charge is -2.39. The van der Waals surface area contributed by atoms with Gasteiger partial charge in [-0.25, -0.2) is 0 Å². The van der Waals surface area contributed by atoms with Crippen molar-refractivity contribution < 1.29 is 4.79 Å². The lowest BCUT2D eigenvalue weighted by molar-refractivity contribution is -0.121. The molecule has 0 bridgehead atoms. The van der Waals surface area contributed by atoms with Crippen molar-refractivity contribution in [1.82, 2.24) is 4.90 Å². The first-order valence-electron chi connectivity index (χ1n) is 7.38. The second-order valence-electron chi connectivity index (χ2n) is 6.60. The van der Waals surface area contributed by atoms with Crippen LogP contribution in [0.4, 0.5) is 11.4 Å². The van der Waals surface area contributed by atoms with Crippen molar-refractivity contribution in [3.05, 3.63) is 23.2 Å². The van der Waals surface area contributed by atoms with Gasteiger partial charge in [0.1, 0.15) is 0 Å². The highest BCUT2D eigenvalue weighted by atomic mass is 35.5. The minimum Gasteiger partial charge on any atom is -0.399 e. The molecule has 1 aromatic rings. The number of carbonyl (C=O) groups is 1. The van der Waals surface area contributed by atoms with Gasteiger partial charge in [-0.05, 0) is 56.5 Å². The molecule has 0 spiro atoms. The lowest BCUT2D eigenvalue weighted by Crippen LogP contribution is -2.47. The maximum Gasteiger partial charge on any atom is 0.241 e. The molecule has 1 unspecified atom stereocenters. The zero-order chi connectivity index (χ0) is 15.6. The number of nitrogens with one attached hydrogen (secondary N) is 1. The van der Waals surface area contributed by atoms with Gasteiger partial charge < -0.3 is 11.1 Å². The molecular weight excluding hydrogens is 286 g/mol. The summed E-state index contributed by atoms with van der Waals surface area (Å²) in [6.07, 6.45) is 2.24. The number of likely N-dealkylation sites (tertiary alicyclic amines) is 1. The van der Waals surface area contributed by atoms with Gasteiger partial charge >= 0.3 is 0 Å². The van der Waals surface area contributed by atoms with Crippen LogP contribution >= 0.6 is 11.6 Å². The maximum absolute atomic E-state index is 12.4. The van der Waals surface area contributed by atoms with Gasteiger partial charge in [0, 0.05) is 5.69 Å². The van der Waals surface area contributed by atoms with Crippen molar-refractivity contribution in [2.75, 3.05) is 24.1 Å². The number of nitrogen functional groups attached to an aromatic ring is 1. The van der Waals surface area contributed by atoms with Gasteiger partial charge in [-0.15, -0.1) is 0 Å². The van der Waals surface area contributed by atoms with Crippen LogP contribution < -0.4 is 11.1 Å². The summed E-state index contributed by atoms with van der Waals surface area (Å²) in [7, 11) is 0. The number of halogens is 1. The zero-order valence-electron chi connectivity index (χ0n) is 12.9. The fourth-order valence-corrected chi connectivity index (χ4v) is 2.79. The quantitative estimate of drug-likeness (QED) is 0.842. The zero-order valence-corrected chi connectivity index (χ0v) is 13.7. The van der Waals surface area contributed by atoms with E-state index in [9.17, 15) is 4.79 Å². The first-order valence-corrected chi connectivity index (χ1v) is 7.76. The Labute approximate surface area is 131 Å². The second-order valence-corrected chi connectivity index (χ2v) is 7.01. The molecule has 3 N–H and O–H groups in total. The molecule has 1 saturated heterocycles. The van der Waals surface area contributed by atoms with Crippen LogP contribution in [-0.4, -0.2) is 29.9 Å². The fraction of sp³-hybridized carbons (Fsp3) is 0.562. The van der Waals surface area contributed by atoms with Crippen LogP contribution in [0.15, 0.2) is 18.2 Å². The Balaban J connectivity index is 1.97. The van der Waals surface area contributed by atoms with Crippen LogP contribution in [0.2, 0.25) is 5.02 Å². The third-order valence-electron chi connectivity index (χ3n) is 4.33. The van der Waals surface area contributed by atoms with E-state index in [2.05, 4.69) is 24.1 Å². The molecule has 1 aromatic carbocycles. The molecule has 0 aliphatic carbocycles. The van der Waals surface area contributed by atoms with Crippen molar-refractivity contribution in [2.45, 2.75) is 39.7 Å². The highest BCUT2D eigenvalue weighted by Crippen LogP contribution is 2.31. The molecule has 1 amide bonds. The molecule has 21 heavy (non-hydrogen) atoms. The van der Waals surface area contributed by atoms with Crippen molar-refractivity contribution >= 4 is 28.9 Å². The Bertz CT molecular complexity index is 520. The van der Waals surface area contributed by atoms with Gasteiger partial charge in [0.05, 0.1) is 16.8 Å². The summed E-state index contributed by atoms with van der Waals surface area (Å²) in [5.41, 5.74) is 7.24. The van der Waals surface area contributed by atoms with Crippen LogP contribution in [0.1, 0.15) is 33.6 Å². The van der Waals surface area contributed by atoms with Crippen LogP contribution in [-0.2, 0) is 4.79 Å². The molecule has 1 fully saturated rings. The predicted octanol–water partition coefficient (Wildman–Crippen LogP) is 3.37. The summed E-state index contributed by atoms with van der Waals surface area (Å²) in [6.45, 7) is 8.42. The van der Waals surface area contributed by atoms with E-state index in [-0.39, 0.29) is 11.9 Å². The third kappa shape index (κ3) is 4.11. The lowest BCUT2D eigenvalue weighted by atomic mass is 9.82. The molecule has 2 rings (SSSR count). The van der Waals surface area contributed by atoms with E-state index in [1.165, 1.54) is 0 Å². The number of nitrogens with zero attached hydrogens (tertiary/aromatic N) is 1. The van der Waals surface area contributed by atoms with E-state index in [1.807, 2.05) is 6.92 Å². The first kappa shape index (κ1) is 16.1. The number of anilines is 2. The van der Waals surface area contributed by atoms with Crippen molar-refractivity contribution in [1.29, 1.82) is 0 Å². The maximum atomic E-state index is 12.4. The standard InChI is InChI=1S/C16H24ClN3O/c1-11(20-8-6-16(2,3)7-9-20)15(21)19-14-5-4-12(18)10-13(14)17/h4-5,10-11H,6-9,18H2,1-3H3,(H,19,21). The summed E-state index contributed by atoms with van der Waals surface area (Å²) >= 11 is 6.09. The Morgan fingerprint density at radius 2 is 2.00 bits per heavy atom. The number of amides is 1. The Hall–Kier alpha value is -1.26. The van der Waals surface area contributed by atoms with Gasteiger partial charge in [0.15, 0.2) is 0 Å². The minimum atomic E-state index is -0.158. The number of hydrogen-bond acceptors (Lipinski definition) is 3. The second kappa shape index (κ2) is 6.24. The molecule has 1 atom stereocenters. The number of carbonyl (C=O) groups excluding carboxylic acids is 1. The largest absolute Gasteiger partial charge is 0.399 e. The molecule has 1 heterocycles. The molecule has 0 saturated carbocycles. The Morgan fingerprint density at radius 1 is 1.38 bits per heavy atom. The van der Waals surface area contributed by atoms with Crippen molar-refractivity contribution in [3.8, 4) is 0 Å². The van der Waals surface area contributed by atoms with Crippen LogP contribution in [0.3, 0.4) is 0 Å². The normalized spacial score (nSPS) is 20.0. The van der Waals surface area contributed by atoms with E-state index in [0.29, 0.717) is 21.8 Å². The smallest absolute Gasteiger partial charge is 0.241 e. The number of rotatable bonds is 3. The monoisotopic (exact) mass is 309 g/mol. The minimum absolute atomic E-state index is 0.0265. The molecule has 4 nitrogen and oxygen atoms in total. The summed E-state index contributed by atoms with van der Waals surface area (Å²) < 4.78 is 0. The topological polar surface area (TPSA) is 58.4 Å². The summed E-state index contributed by atoms with van der Waals surface area (Å²) in [6, 6.07) is 4.96. The molecular formula is C16H24ClN3O. The van der Waals surface area contributed by atoms with Crippen LogP contribution in [0, 0.1) is 5.41 Å². The SMILES string of the molecule is CC(C(=O)Nc1ccc(N)cc1Cl)N1CCC(C)(C)CC1. The molecule has 5 heteroatoms. The van der Waals surface area contributed by atoms with E-state index in [1.54, 1.807) is 18.2 Å². The molecule has 1 aliphatic rings. The molecule has 116 valence electrons. The predicted molar refractivity (Wildman–Crippen MR) is 88.5 cm³/mol. The third-order valence-corrected chi connectivity index (χ3v) is 4.64. The summed E-state index contributed by atoms with van der Waals surface area (Å²) in [5.74, 6) is -0.0265. The first-order chi connectivity index (χ1) is 9.78. The van der Waals surface area contributed by atoms with Crippen LogP contribution in [0.5, 0.6) is 0 Å². The van der Waals surface area contributed by atoms with E-state index < -0.39 is 0 Å². The molecule has 0 aromatic heterocycles. The van der Waals surface area contributed by atoms with Gasteiger partial charge in [0.25, 0.3) is 0 Å². The van der Waals surface area contributed by atoms with Gasteiger partial charge in [-0.1, -0.05) is 25.4 Å². The van der Waals surface area contributed by atoms with Crippen molar-refractivity contribution in [3.63, 3.8) is 0 Å². The average molecular weight is 310 g/mol.